The van der Waals surface area contributed by atoms with Crippen molar-refractivity contribution in [1.82, 2.24) is 0 Å². The Morgan fingerprint density at radius 1 is 0.818 bits per heavy atom. The molecule has 6 heteroatoms. The summed E-state index contributed by atoms with van der Waals surface area (Å²) in [5.74, 6) is 0.838. The number of carbonyl (C=O) groups excluding carboxylic acids is 2. The van der Waals surface area contributed by atoms with Crippen LogP contribution in [0.25, 0.3) is 6.08 Å². The quantitative estimate of drug-likeness (QED) is 0.244. The minimum absolute atomic E-state index is 0.255. The average Bonchev–Trinajstić information content (AvgIpc) is 2.84. The van der Waals surface area contributed by atoms with Gasteiger partial charge in [-0.2, -0.15) is 0 Å². The fraction of sp³-hybridized carbons (Fsp3) is 0.185. The van der Waals surface area contributed by atoms with Crippen molar-refractivity contribution in [3.05, 3.63) is 96.1 Å². The molecule has 1 amide bonds. The fourth-order valence-electron chi connectivity index (χ4n) is 2.96. The molecule has 0 saturated carbocycles. The van der Waals surface area contributed by atoms with Gasteiger partial charge >= 0.3 is 5.97 Å². The zero-order chi connectivity index (χ0) is 23.3. The molecule has 33 heavy (non-hydrogen) atoms. The van der Waals surface area contributed by atoms with Crippen molar-refractivity contribution in [2.45, 2.75) is 13.3 Å². The summed E-state index contributed by atoms with van der Waals surface area (Å²) in [6.07, 6.45) is 3.70. The lowest BCUT2D eigenvalue weighted by molar-refractivity contribution is -0.137. The number of nitrogens with one attached hydrogen (secondary N) is 1. The van der Waals surface area contributed by atoms with Crippen molar-refractivity contribution in [2.75, 3.05) is 25.1 Å². The molecule has 6 nitrogen and oxygen atoms in total. The zero-order valence-corrected chi connectivity index (χ0v) is 18.5. The molecule has 3 aromatic carbocycles. The molecule has 170 valence electrons. The van der Waals surface area contributed by atoms with Crippen LogP contribution in [0.4, 0.5) is 5.69 Å². The second-order valence-electron chi connectivity index (χ2n) is 7.01. The van der Waals surface area contributed by atoms with Crippen LogP contribution in [0.2, 0.25) is 0 Å². The van der Waals surface area contributed by atoms with E-state index >= 15 is 0 Å². The Morgan fingerprint density at radius 3 is 2.15 bits per heavy atom. The second kappa shape index (κ2) is 12.7. The number of anilines is 1. The molecule has 0 bridgehead atoms. The largest absolute Gasteiger partial charge is 0.493 e. The number of benzene rings is 3. The number of amides is 1. The van der Waals surface area contributed by atoms with Crippen LogP contribution in [0.5, 0.6) is 11.5 Å². The van der Waals surface area contributed by atoms with Gasteiger partial charge in [-0.1, -0.05) is 36.4 Å². The first-order valence-electron chi connectivity index (χ1n) is 10.8. The van der Waals surface area contributed by atoms with Crippen LogP contribution in [0, 0.1) is 0 Å². The Bertz CT molecular complexity index is 1060. The maximum absolute atomic E-state index is 12.7. The molecule has 0 aromatic heterocycles. The first-order chi connectivity index (χ1) is 16.2. The number of esters is 1. The van der Waals surface area contributed by atoms with E-state index in [0.29, 0.717) is 42.4 Å². The molecule has 0 fully saturated rings. The summed E-state index contributed by atoms with van der Waals surface area (Å²) in [6, 6.07) is 23.8. The number of rotatable bonds is 11. The molecule has 3 rings (SSSR count). The summed E-state index contributed by atoms with van der Waals surface area (Å²) in [5, 5.41) is 2.88. The number of hydrogen-bond acceptors (Lipinski definition) is 5. The minimum Gasteiger partial charge on any atom is -0.493 e. The number of hydrogen-bond donors (Lipinski definition) is 1. The number of para-hydroxylation sites is 2. The van der Waals surface area contributed by atoms with Crippen LogP contribution < -0.4 is 14.8 Å². The Kier molecular flexibility index (Phi) is 9.09. The Hall–Kier alpha value is -4.06. The van der Waals surface area contributed by atoms with E-state index in [1.54, 1.807) is 43.3 Å². The van der Waals surface area contributed by atoms with E-state index in [9.17, 15) is 9.59 Å². The minimum atomic E-state index is -0.430. The normalized spacial score (nSPS) is 10.6. The maximum Gasteiger partial charge on any atom is 0.330 e. The lowest BCUT2D eigenvalue weighted by Gasteiger charge is -2.10. The summed E-state index contributed by atoms with van der Waals surface area (Å²) in [4.78, 5) is 24.2. The predicted molar refractivity (Wildman–Crippen MR) is 129 cm³/mol. The van der Waals surface area contributed by atoms with Gasteiger partial charge in [0.15, 0.2) is 0 Å². The first-order valence-corrected chi connectivity index (χ1v) is 10.8. The summed E-state index contributed by atoms with van der Waals surface area (Å²) < 4.78 is 16.3. The Morgan fingerprint density at radius 2 is 1.45 bits per heavy atom. The van der Waals surface area contributed by atoms with E-state index in [1.165, 1.54) is 6.08 Å². The molecule has 0 radical (unpaired) electrons. The average molecular weight is 446 g/mol. The molecule has 0 aliphatic rings. The first kappa shape index (κ1) is 23.6. The molecule has 0 heterocycles. The zero-order valence-electron chi connectivity index (χ0n) is 18.5. The van der Waals surface area contributed by atoms with E-state index in [0.717, 1.165) is 12.2 Å². The van der Waals surface area contributed by atoms with Crippen molar-refractivity contribution < 1.29 is 23.8 Å². The van der Waals surface area contributed by atoms with Crippen LogP contribution in [0.3, 0.4) is 0 Å². The molecule has 0 aliphatic carbocycles. The standard InChI is InChI=1S/C27H27NO5/c1-2-31-26(29)18-15-21-9-6-7-12-25(21)28-27(30)22-13-16-24(17-14-22)33-20-8-19-32-23-10-4-3-5-11-23/h3-7,9-18H,2,8,19-20H2,1H3,(H,28,30)/b18-15+. The van der Waals surface area contributed by atoms with Gasteiger partial charge in [-0.15, -0.1) is 0 Å². The summed E-state index contributed by atoms with van der Waals surface area (Å²) in [7, 11) is 0. The van der Waals surface area contributed by atoms with Gasteiger partial charge in [0.25, 0.3) is 5.91 Å². The fourth-order valence-corrected chi connectivity index (χ4v) is 2.96. The van der Waals surface area contributed by atoms with E-state index in [4.69, 9.17) is 14.2 Å². The topological polar surface area (TPSA) is 73.9 Å². The third kappa shape index (κ3) is 7.85. The molecule has 0 unspecified atom stereocenters. The third-order valence-electron chi connectivity index (χ3n) is 4.58. The number of ether oxygens (including phenoxy) is 3. The molecule has 1 N–H and O–H groups in total. The van der Waals surface area contributed by atoms with E-state index in [-0.39, 0.29) is 5.91 Å². The highest BCUT2D eigenvalue weighted by Crippen LogP contribution is 2.19. The highest BCUT2D eigenvalue weighted by atomic mass is 16.5. The Labute approximate surface area is 193 Å². The van der Waals surface area contributed by atoms with Crippen molar-refractivity contribution in [3.63, 3.8) is 0 Å². The molecular formula is C27H27NO5. The van der Waals surface area contributed by atoms with Crippen molar-refractivity contribution in [1.29, 1.82) is 0 Å². The monoisotopic (exact) mass is 445 g/mol. The van der Waals surface area contributed by atoms with Crippen LogP contribution in [-0.4, -0.2) is 31.7 Å². The van der Waals surface area contributed by atoms with Crippen LogP contribution in [0.15, 0.2) is 84.9 Å². The summed E-state index contributed by atoms with van der Waals surface area (Å²) >= 11 is 0. The molecule has 3 aromatic rings. The smallest absolute Gasteiger partial charge is 0.330 e. The van der Waals surface area contributed by atoms with Gasteiger partial charge in [-0.3, -0.25) is 4.79 Å². The highest BCUT2D eigenvalue weighted by molar-refractivity contribution is 6.05. The third-order valence-corrected chi connectivity index (χ3v) is 4.58. The van der Waals surface area contributed by atoms with Crippen LogP contribution >= 0.6 is 0 Å². The molecular weight excluding hydrogens is 418 g/mol. The molecule has 0 saturated heterocycles. The van der Waals surface area contributed by atoms with Crippen molar-refractivity contribution in [2.24, 2.45) is 0 Å². The van der Waals surface area contributed by atoms with Gasteiger partial charge in [0.2, 0.25) is 0 Å². The maximum atomic E-state index is 12.7. The Balaban J connectivity index is 1.49. The summed E-state index contributed by atoms with van der Waals surface area (Å²) in [6.45, 7) is 3.13. The van der Waals surface area contributed by atoms with Crippen LogP contribution in [0.1, 0.15) is 29.3 Å². The number of carbonyl (C=O) groups is 2. The van der Waals surface area contributed by atoms with Crippen molar-refractivity contribution in [3.8, 4) is 11.5 Å². The molecule has 0 spiro atoms. The lowest BCUT2D eigenvalue weighted by atomic mass is 10.1. The summed E-state index contributed by atoms with van der Waals surface area (Å²) in [5.41, 5.74) is 1.80. The van der Waals surface area contributed by atoms with E-state index < -0.39 is 5.97 Å². The van der Waals surface area contributed by atoms with Gasteiger partial charge in [0, 0.05) is 23.7 Å². The second-order valence-corrected chi connectivity index (χ2v) is 7.01. The predicted octanol–water partition coefficient (Wildman–Crippen LogP) is 5.36. The van der Waals surface area contributed by atoms with Gasteiger partial charge in [-0.25, -0.2) is 4.79 Å². The van der Waals surface area contributed by atoms with Gasteiger partial charge < -0.3 is 19.5 Å². The lowest BCUT2D eigenvalue weighted by Crippen LogP contribution is -2.12. The SMILES string of the molecule is CCOC(=O)/C=C/c1ccccc1NC(=O)c1ccc(OCCCOc2ccccc2)cc1. The van der Waals surface area contributed by atoms with Crippen LogP contribution in [-0.2, 0) is 9.53 Å². The highest BCUT2D eigenvalue weighted by Gasteiger charge is 2.09. The van der Waals surface area contributed by atoms with Crippen molar-refractivity contribution >= 4 is 23.6 Å². The van der Waals surface area contributed by atoms with Gasteiger partial charge in [0.05, 0.1) is 19.8 Å². The van der Waals surface area contributed by atoms with Gasteiger partial charge in [-0.05, 0) is 61.0 Å². The van der Waals surface area contributed by atoms with E-state index in [2.05, 4.69) is 5.32 Å². The molecule has 0 aliphatic heterocycles. The van der Waals surface area contributed by atoms with Gasteiger partial charge in [0.1, 0.15) is 11.5 Å². The molecule has 0 atom stereocenters. The van der Waals surface area contributed by atoms with E-state index in [1.807, 2.05) is 48.5 Å².